The maximum Gasteiger partial charge on any atom is 0.265 e. The van der Waals surface area contributed by atoms with Crippen LogP contribution >= 0.6 is 11.6 Å². The first-order valence-electron chi connectivity index (χ1n) is 9.40. The molecule has 5 nitrogen and oxygen atoms in total. The number of nitrogens with zero attached hydrogens (tertiary/aromatic N) is 2. The standard InChI is InChI=1S/C24H17ClN2O3/c25-19-13-7-12-18(14-19)21-20(15-26)23(16-8-3-1-4-9-16)30-24(22(21)27(28)29)17-10-5-2-6-11-17/h1-14,21-22,24H/t21-,22+,24-/m1/s1. The van der Waals surface area contributed by atoms with Gasteiger partial charge in [-0.05, 0) is 23.3 Å². The van der Waals surface area contributed by atoms with E-state index in [-0.39, 0.29) is 10.5 Å². The van der Waals surface area contributed by atoms with Gasteiger partial charge in [0.25, 0.3) is 6.04 Å². The molecule has 30 heavy (non-hydrogen) atoms. The molecular formula is C24H17ClN2O3. The molecular weight excluding hydrogens is 400 g/mol. The Morgan fingerprint density at radius 2 is 1.57 bits per heavy atom. The molecule has 148 valence electrons. The van der Waals surface area contributed by atoms with Crippen LogP contribution in [0.2, 0.25) is 5.02 Å². The van der Waals surface area contributed by atoms with Crippen LogP contribution in [0, 0.1) is 21.4 Å². The van der Waals surface area contributed by atoms with Crippen molar-refractivity contribution in [2.45, 2.75) is 18.1 Å². The van der Waals surface area contributed by atoms with Crippen molar-refractivity contribution in [2.75, 3.05) is 0 Å². The lowest BCUT2D eigenvalue weighted by atomic mass is 9.78. The Morgan fingerprint density at radius 3 is 2.17 bits per heavy atom. The highest BCUT2D eigenvalue weighted by atomic mass is 35.5. The zero-order chi connectivity index (χ0) is 21.1. The second-order valence-corrected chi connectivity index (χ2v) is 7.41. The van der Waals surface area contributed by atoms with Crippen LogP contribution in [0.3, 0.4) is 0 Å². The van der Waals surface area contributed by atoms with Gasteiger partial charge in [-0.2, -0.15) is 5.26 Å². The van der Waals surface area contributed by atoms with Crippen molar-refractivity contribution in [3.63, 3.8) is 0 Å². The average Bonchev–Trinajstić information content (AvgIpc) is 2.78. The fourth-order valence-corrected chi connectivity index (χ4v) is 4.08. The molecule has 0 bridgehead atoms. The van der Waals surface area contributed by atoms with Gasteiger partial charge in [0.05, 0.1) is 17.6 Å². The van der Waals surface area contributed by atoms with E-state index >= 15 is 0 Å². The summed E-state index contributed by atoms with van der Waals surface area (Å²) < 4.78 is 6.20. The number of nitro groups is 1. The third-order valence-corrected chi connectivity index (χ3v) is 5.42. The maximum atomic E-state index is 12.3. The van der Waals surface area contributed by atoms with E-state index in [4.69, 9.17) is 16.3 Å². The van der Waals surface area contributed by atoms with Crippen molar-refractivity contribution in [1.29, 1.82) is 5.26 Å². The Kier molecular flexibility index (Phi) is 5.51. The zero-order valence-corrected chi connectivity index (χ0v) is 16.6. The van der Waals surface area contributed by atoms with E-state index in [0.717, 1.165) is 0 Å². The first kappa shape index (κ1) is 19.7. The summed E-state index contributed by atoms with van der Waals surface area (Å²) in [6.07, 6.45) is -0.863. The van der Waals surface area contributed by atoms with Gasteiger partial charge >= 0.3 is 0 Å². The highest BCUT2D eigenvalue weighted by Gasteiger charge is 2.49. The third kappa shape index (κ3) is 3.66. The van der Waals surface area contributed by atoms with E-state index in [0.29, 0.717) is 27.5 Å². The minimum absolute atomic E-state index is 0.220. The monoisotopic (exact) mass is 416 g/mol. The predicted octanol–water partition coefficient (Wildman–Crippen LogP) is 5.78. The van der Waals surface area contributed by atoms with Crippen molar-refractivity contribution >= 4 is 17.4 Å². The molecule has 3 aromatic carbocycles. The molecule has 0 aromatic heterocycles. The third-order valence-electron chi connectivity index (χ3n) is 5.19. The second kappa shape index (κ2) is 8.40. The lowest BCUT2D eigenvalue weighted by Gasteiger charge is -2.35. The summed E-state index contributed by atoms with van der Waals surface area (Å²) in [4.78, 5) is 11.9. The van der Waals surface area contributed by atoms with E-state index in [2.05, 4.69) is 6.07 Å². The highest BCUT2D eigenvalue weighted by molar-refractivity contribution is 6.30. The average molecular weight is 417 g/mol. The van der Waals surface area contributed by atoms with Gasteiger partial charge in [0.2, 0.25) is 0 Å². The van der Waals surface area contributed by atoms with Crippen LogP contribution in [-0.2, 0) is 4.74 Å². The number of hydrogen-bond donors (Lipinski definition) is 0. The quantitative estimate of drug-likeness (QED) is 0.399. The SMILES string of the molecule is N#CC1=C(c2ccccc2)O[C@H](c2ccccc2)[C@@H]([N+](=O)[O-])[C@@H]1c1cccc(Cl)c1. The van der Waals surface area contributed by atoms with Crippen LogP contribution in [0.1, 0.15) is 28.7 Å². The van der Waals surface area contributed by atoms with Gasteiger partial charge in [-0.1, -0.05) is 84.4 Å². The fourth-order valence-electron chi connectivity index (χ4n) is 3.88. The minimum Gasteiger partial charge on any atom is -0.477 e. The summed E-state index contributed by atoms with van der Waals surface area (Å²) >= 11 is 6.19. The number of rotatable bonds is 4. The van der Waals surface area contributed by atoms with Crippen molar-refractivity contribution in [1.82, 2.24) is 0 Å². The van der Waals surface area contributed by atoms with Crippen LogP contribution in [0.4, 0.5) is 0 Å². The van der Waals surface area contributed by atoms with Crippen LogP contribution in [-0.4, -0.2) is 11.0 Å². The molecule has 3 atom stereocenters. The molecule has 0 saturated heterocycles. The van der Waals surface area contributed by atoms with Gasteiger partial charge in [0, 0.05) is 15.5 Å². The van der Waals surface area contributed by atoms with E-state index in [1.807, 2.05) is 48.5 Å². The Bertz CT molecular complexity index is 1140. The largest absolute Gasteiger partial charge is 0.477 e. The van der Waals surface area contributed by atoms with Crippen molar-refractivity contribution < 1.29 is 9.66 Å². The van der Waals surface area contributed by atoms with Gasteiger partial charge in [-0.3, -0.25) is 10.1 Å². The van der Waals surface area contributed by atoms with Crippen molar-refractivity contribution in [3.05, 3.63) is 122 Å². The molecule has 1 aliphatic rings. The first-order valence-corrected chi connectivity index (χ1v) is 9.78. The second-order valence-electron chi connectivity index (χ2n) is 6.98. The Balaban J connectivity index is 1.98. The smallest absolute Gasteiger partial charge is 0.265 e. The zero-order valence-electron chi connectivity index (χ0n) is 15.8. The molecule has 0 fully saturated rings. The van der Waals surface area contributed by atoms with E-state index in [9.17, 15) is 15.4 Å². The summed E-state index contributed by atoms with van der Waals surface area (Å²) in [7, 11) is 0. The van der Waals surface area contributed by atoms with Crippen LogP contribution in [0.5, 0.6) is 0 Å². The highest BCUT2D eigenvalue weighted by Crippen LogP contribution is 2.47. The van der Waals surface area contributed by atoms with E-state index in [1.165, 1.54) is 0 Å². The number of ether oxygens (including phenoxy) is 1. The van der Waals surface area contributed by atoms with Gasteiger partial charge in [0.1, 0.15) is 5.76 Å². The van der Waals surface area contributed by atoms with Gasteiger partial charge < -0.3 is 4.74 Å². The molecule has 0 spiro atoms. The molecule has 0 amide bonds. The summed E-state index contributed by atoms with van der Waals surface area (Å²) in [5.41, 5.74) is 2.20. The summed E-state index contributed by atoms with van der Waals surface area (Å²) in [6, 6.07) is 26.2. The van der Waals surface area contributed by atoms with Gasteiger partial charge in [0.15, 0.2) is 6.10 Å². The van der Waals surface area contributed by atoms with Crippen molar-refractivity contribution in [2.24, 2.45) is 0 Å². The lowest BCUT2D eigenvalue weighted by molar-refractivity contribution is -0.539. The minimum atomic E-state index is -1.19. The van der Waals surface area contributed by atoms with E-state index < -0.39 is 18.1 Å². The molecule has 0 N–H and O–H groups in total. The summed E-state index contributed by atoms with van der Waals surface area (Å²) in [5.74, 6) is -0.451. The lowest BCUT2D eigenvalue weighted by Crippen LogP contribution is -2.39. The molecule has 0 aliphatic carbocycles. The molecule has 6 heteroatoms. The Labute approximate surface area is 179 Å². The first-order chi connectivity index (χ1) is 14.6. The molecule has 3 aromatic rings. The Morgan fingerprint density at radius 1 is 0.933 bits per heavy atom. The molecule has 1 aliphatic heterocycles. The summed E-state index contributed by atoms with van der Waals surface area (Å²) in [5, 5.41) is 22.8. The molecule has 4 rings (SSSR count). The van der Waals surface area contributed by atoms with Crippen LogP contribution in [0.15, 0.2) is 90.5 Å². The number of hydrogen-bond acceptors (Lipinski definition) is 4. The number of nitriles is 1. The predicted molar refractivity (Wildman–Crippen MR) is 114 cm³/mol. The maximum absolute atomic E-state index is 12.3. The van der Waals surface area contributed by atoms with Crippen LogP contribution < -0.4 is 0 Å². The Hall–Kier alpha value is -3.62. The number of benzene rings is 3. The fraction of sp³-hybridized carbons (Fsp3) is 0.125. The topological polar surface area (TPSA) is 76.2 Å². The molecule has 1 heterocycles. The van der Waals surface area contributed by atoms with E-state index in [1.54, 1.807) is 36.4 Å². The number of halogens is 1. The normalized spacial score (nSPS) is 20.9. The molecule has 0 unspecified atom stereocenters. The molecule has 0 saturated carbocycles. The van der Waals surface area contributed by atoms with Gasteiger partial charge in [-0.15, -0.1) is 0 Å². The van der Waals surface area contributed by atoms with Crippen molar-refractivity contribution in [3.8, 4) is 6.07 Å². The molecule has 0 radical (unpaired) electrons. The van der Waals surface area contributed by atoms with Gasteiger partial charge in [-0.25, -0.2) is 0 Å². The van der Waals surface area contributed by atoms with Crippen LogP contribution in [0.25, 0.3) is 5.76 Å². The summed E-state index contributed by atoms with van der Waals surface area (Å²) in [6.45, 7) is 0.